The maximum absolute atomic E-state index is 14.9. The average molecular weight is 572 g/mol. The molecule has 4 aromatic carbocycles. The molecule has 4 rings (SSSR count). The number of nitrogens with one attached hydrogen (secondary N) is 1. The van der Waals surface area contributed by atoms with Crippen molar-refractivity contribution in [3.63, 3.8) is 0 Å². The van der Waals surface area contributed by atoms with Crippen LogP contribution in [0.25, 0.3) is 22.3 Å². The lowest BCUT2D eigenvalue weighted by Gasteiger charge is -2.18. The largest absolute Gasteiger partial charge is 0.481 e. The smallest absolute Gasteiger partial charge is 0.341 e. The first kappa shape index (κ1) is 30.4. The Morgan fingerprint density at radius 2 is 1.19 bits per heavy atom. The van der Waals surface area contributed by atoms with Crippen molar-refractivity contribution in [2.45, 2.75) is 44.9 Å². The highest BCUT2D eigenvalue weighted by molar-refractivity contribution is 5.99. The summed E-state index contributed by atoms with van der Waals surface area (Å²) in [7, 11) is 0. The van der Waals surface area contributed by atoms with Gasteiger partial charge >= 0.3 is 5.97 Å². The van der Waals surface area contributed by atoms with Crippen molar-refractivity contribution in [1.29, 1.82) is 0 Å². The third-order valence-electron chi connectivity index (χ3n) is 7.04. The van der Waals surface area contributed by atoms with E-state index in [0.717, 1.165) is 44.9 Å². The van der Waals surface area contributed by atoms with E-state index >= 15 is 0 Å². The third kappa shape index (κ3) is 8.49. The van der Waals surface area contributed by atoms with Crippen LogP contribution in [0.4, 0.5) is 8.78 Å². The minimum absolute atomic E-state index is 0.0172. The first-order valence-electron chi connectivity index (χ1n) is 14.3. The molecule has 42 heavy (non-hydrogen) atoms. The van der Waals surface area contributed by atoms with Crippen LogP contribution in [0.2, 0.25) is 0 Å². The number of aliphatic carboxylic acids is 1. The highest BCUT2D eigenvalue weighted by atomic mass is 19.1. The maximum atomic E-state index is 14.9. The van der Waals surface area contributed by atoms with Crippen molar-refractivity contribution in [2.24, 2.45) is 0 Å². The second-order valence-corrected chi connectivity index (χ2v) is 10.2. The fraction of sp³-hybridized carbons (Fsp3) is 0.257. The highest BCUT2D eigenvalue weighted by Crippen LogP contribution is 2.42. The van der Waals surface area contributed by atoms with Gasteiger partial charge in [-0.25, -0.2) is 13.6 Å². The number of rotatable bonds is 15. The van der Waals surface area contributed by atoms with Gasteiger partial charge < -0.3 is 15.2 Å². The highest BCUT2D eigenvalue weighted by Gasteiger charge is 2.22. The van der Waals surface area contributed by atoms with Gasteiger partial charge in [-0.2, -0.15) is 0 Å². The fourth-order valence-corrected chi connectivity index (χ4v) is 4.92. The second-order valence-electron chi connectivity index (χ2n) is 10.2. The van der Waals surface area contributed by atoms with Gasteiger partial charge in [-0.3, -0.25) is 4.79 Å². The Hall–Kier alpha value is -4.52. The van der Waals surface area contributed by atoms with E-state index in [1.54, 1.807) is 12.1 Å². The maximum Gasteiger partial charge on any atom is 0.341 e. The minimum atomic E-state index is -1.24. The molecular formula is C35H35F2NO4. The second kappa shape index (κ2) is 15.5. The number of carbonyl (C=O) groups is 2. The molecule has 1 amide bonds. The first-order valence-corrected chi connectivity index (χ1v) is 14.3. The molecule has 218 valence electrons. The molecule has 0 aliphatic carbocycles. The monoisotopic (exact) mass is 571 g/mol. The zero-order valence-electron chi connectivity index (χ0n) is 23.5. The number of unbranched alkanes of at least 4 members (excludes halogenated alkanes) is 5. The number of benzene rings is 4. The summed E-state index contributed by atoms with van der Waals surface area (Å²) in [6.45, 7) is -0.259. The van der Waals surface area contributed by atoms with E-state index in [9.17, 15) is 23.5 Å². The molecule has 2 N–H and O–H groups in total. The van der Waals surface area contributed by atoms with E-state index in [-0.39, 0.29) is 33.6 Å². The molecule has 4 aromatic rings. The Morgan fingerprint density at radius 1 is 0.667 bits per heavy atom. The molecular weight excluding hydrogens is 536 g/mol. The van der Waals surface area contributed by atoms with Crippen LogP contribution >= 0.6 is 0 Å². The molecule has 0 radical (unpaired) electrons. The molecule has 0 saturated heterocycles. The number of ether oxygens (including phenoxy) is 1. The van der Waals surface area contributed by atoms with Crippen molar-refractivity contribution in [3.8, 4) is 28.0 Å². The number of carboxylic acids is 1. The van der Waals surface area contributed by atoms with E-state index < -0.39 is 30.1 Å². The van der Waals surface area contributed by atoms with Gasteiger partial charge in [0.15, 0.2) is 6.61 Å². The number of amides is 1. The number of hydrogen-bond donors (Lipinski definition) is 2. The van der Waals surface area contributed by atoms with Crippen molar-refractivity contribution >= 4 is 11.9 Å². The molecule has 0 heterocycles. The van der Waals surface area contributed by atoms with Gasteiger partial charge in [0.2, 0.25) is 0 Å². The Kier molecular flexibility index (Phi) is 11.2. The lowest BCUT2D eigenvalue weighted by atomic mass is 9.93. The topological polar surface area (TPSA) is 75.6 Å². The van der Waals surface area contributed by atoms with Crippen LogP contribution < -0.4 is 10.1 Å². The Balaban J connectivity index is 1.46. The number of carbonyl (C=O) groups excluding carboxylic acids is 1. The molecule has 0 bridgehead atoms. The lowest BCUT2D eigenvalue weighted by molar-refractivity contribution is -0.139. The van der Waals surface area contributed by atoms with Gasteiger partial charge in [-0.05, 0) is 49.1 Å². The van der Waals surface area contributed by atoms with Gasteiger partial charge in [-0.1, -0.05) is 92.4 Å². The third-order valence-corrected chi connectivity index (χ3v) is 7.04. The Morgan fingerprint density at radius 3 is 1.76 bits per heavy atom. The predicted molar refractivity (Wildman–Crippen MR) is 161 cm³/mol. The summed E-state index contributed by atoms with van der Waals surface area (Å²) < 4.78 is 35.5. The van der Waals surface area contributed by atoms with Crippen LogP contribution in [0, 0.1) is 11.6 Å². The summed E-state index contributed by atoms with van der Waals surface area (Å²) in [6, 6.07) is 25.2. The van der Waals surface area contributed by atoms with Crippen LogP contribution in [0.15, 0.2) is 91.0 Å². The van der Waals surface area contributed by atoms with Gasteiger partial charge in [0.1, 0.15) is 17.4 Å². The summed E-state index contributed by atoms with van der Waals surface area (Å²) in [6.07, 6.45) is 7.41. The SMILES string of the molecule is O=C(O)COc1c(-c2ccccc2F)cc(C(=O)NCCCCCCCCc2ccccc2)cc1-c1ccccc1F. The number of halogens is 2. The molecule has 7 heteroatoms. The molecule has 0 saturated carbocycles. The zero-order chi connectivity index (χ0) is 29.7. The van der Waals surface area contributed by atoms with E-state index in [4.69, 9.17) is 4.74 Å². The van der Waals surface area contributed by atoms with Crippen LogP contribution in [0.3, 0.4) is 0 Å². The molecule has 0 fully saturated rings. The Bertz CT molecular complexity index is 1420. The van der Waals surface area contributed by atoms with Gasteiger partial charge in [0.25, 0.3) is 5.91 Å². The summed E-state index contributed by atoms with van der Waals surface area (Å²) in [5.41, 5.74) is 2.09. The van der Waals surface area contributed by atoms with Crippen LogP contribution in [-0.2, 0) is 11.2 Å². The predicted octanol–water partition coefficient (Wildman–Crippen LogP) is 8.08. The molecule has 0 atom stereocenters. The van der Waals surface area contributed by atoms with E-state index in [1.165, 1.54) is 54.1 Å². The fourth-order valence-electron chi connectivity index (χ4n) is 4.92. The van der Waals surface area contributed by atoms with Crippen molar-refractivity contribution in [3.05, 3.63) is 114 Å². The van der Waals surface area contributed by atoms with Gasteiger partial charge in [-0.15, -0.1) is 0 Å². The summed E-state index contributed by atoms with van der Waals surface area (Å²) in [4.78, 5) is 24.6. The normalized spacial score (nSPS) is 10.8. The number of carboxylic acid groups (broad SMARTS) is 1. The molecule has 0 aliphatic heterocycles. The van der Waals surface area contributed by atoms with Crippen molar-refractivity contribution < 1.29 is 28.2 Å². The number of aryl methyl sites for hydroxylation is 1. The summed E-state index contributed by atoms with van der Waals surface area (Å²) in [5, 5.41) is 12.2. The van der Waals surface area contributed by atoms with E-state index in [2.05, 4.69) is 29.6 Å². The van der Waals surface area contributed by atoms with Crippen LogP contribution in [0.1, 0.15) is 54.4 Å². The molecule has 5 nitrogen and oxygen atoms in total. The van der Waals surface area contributed by atoms with Crippen molar-refractivity contribution in [1.82, 2.24) is 5.32 Å². The average Bonchev–Trinajstić information content (AvgIpc) is 2.99. The molecule has 0 spiro atoms. The quantitative estimate of drug-likeness (QED) is 0.142. The van der Waals surface area contributed by atoms with Crippen LogP contribution in [-0.4, -0.2) is 30.1 Å². The molecule has 0 aliphatic rings. The Labute approximate surface area is 245 Å². The molecule has 0 aromatic heterocycles. The van der Waals surface area contributed by atoms with Crippen LogP contribution in [0.5, 0.6) is 5.75 Å². The molecule has 0 unspecified atom stereocenters. The van der Waals surface area contributed by atoms with E-state index in [0.29, 0.717) is 6.54 Å². The van der Waals surface area contributed by atoms with Gasteiger partial charge in [0.05, 0.1) is 0 Å². The first-order chi connectivity index (χ1) is 20.4. The zero-order valence-corrected chi connectivity index (χ0v) is 23.5. The lowest BCUT2D eigenvalue weighted by Crippen LogP contribution is -2.24. The minimum Gasteiger partial charge on any atom is -0.481 e. The number of hydrogen-bond acceptors (Lipinski definition) is 3. The van der Waals surface area contributed by atoms with Crippen molar-refractivity contribution in [2.75, 3.05) is 13.2 Å². The standard InChI is InChI=1S/C35H35F2NO4/c36-31-19-11-9-17-27(31)29-22-26(23-30(34(29)42-24-33(39)40)28-18-10-12-20-32(28)37)35(41)38-21-13-4-2-1-3-6-14-25-15-7-5-8-16-25/h5,7-12,15-20,22-23H,1-4,6,13-14,21,24H2,(H,38,41)(H,39,40). The summed E-state index contributed by atoms with van der Waals surface area (Å²) in [5.74, 6) is -2.82. The van der Waals surface area contributed by atoms with E-state index in [1.807, 2.05) is 6.07 Å². The van der Waals surface area contributed by atoms with Gasteiger partial charge in [0, 0.05) is 34.4 Å². The summed E-state index contributed by atoms with van der Waals surface area (Å²) >= 11 is 0.